The molecule has 0 aliphatic heterocycles. The van der Waals surface area contributed by atoms with Crippen molar-refractivity contribution in [3.63, 3.8) is 0 Å². The third kappa shape index (κ3) is 5.62. The topological polar surface area (TPSA) is 80.8 Å². The summed E-state index contributed by atoms with van der Waals surface area (Å²) in [6.07, 6.45) is 4.33. The number of benzene rings is 1. The third-order valence-electron chi connectivity index (χ3n) is 5.06. The van der Waals surface area contributed by atoms with Crippen LogP contribution in [0, 0.1) is 5.92 Å². The number of hydrogen-bond acceptors (Lipinski definition) is 5. The first-order chi connectivity index (χ1) is 14.4. The summed E-state index contributed by atoms with van der Waals surface area (Å²) in [5, 5.41) is 4.89. The molecular formula is C21H23Cl2N3O4. The van der Waals surface area contributed by atoms with E-state index in [1.807, 2.05) is 0 Å². The molecule has 1 aromatic heterocycles. The number of hydrogen-bond donors (Lipinski definition) is 1. The second-order valence-electron chi connectivity index (χ2n) is 7.08. The van der Waals surface area contributed by atoms with Crippen LogP contribution in [0.2, 0.25) is 10.0 Å². The summed E-state index contributed by atoms with van der Waals surface area (Å²) in [6, 6.07) is 8.31. The molecule has 0 radical (unpaired) electrons. The summed E-state index contributed by atoms with van der Waals surface area (Å²) in [7, 11) is 2.96. The van der Waals surface area contributed by atoms with Crippen LogP contribution in [-0.4, -0.2) is 42.1 Å². The first-order valence-corrected chi connectivity index (χ1v) is 10.3. The van der Waals surface area contributed by atoms with Gasteiger partial charge in [0, 0.05) is 30.4 Å². The number of halogens is 2. The minimum Gasteiger partial charge on any atom is -0.473 e. The fourth-order valence-corrected chi connectivity index (χ4v) is 3.72. The van der Waals surface area contributed by atoms with Gasteiger partial charge in [-0.2, -0.15) is 0 Å². The second-order valence-corrected chi connectivity index (χ2v) is 7.93. The zero-order valence-electron chi connectivity index (χ0n) is 16.7. The molecule has 1 fully saturated rings. The first-order valence-electron chi connectivity index (χ1n) is 9.58. The molecule has 2 amide bonds. The summed E-state index contributed by atoms with van der Waals surface area (Å²) in [5.41, 5.74) is 1.12. The number of pyridine rings is 1. The number of aromatic nitrogens is 1. The summed E-state index contributed by atoms with van der Waals surface area (Å²) in [4.78, 5) is 33.6. The molecule has 160 valence electrons. The predicted molar refractivity (Wildman–Crippen MR) is 115 cm³/mol. The van der Waals surface area contributed by atoms with Crippen LogP contribution < -0.4 is 10.1 Å². The van der Waals surface area contributed by atoms with Crippen LogP contribution in [0.15, 0.2) is 36.5 Å². The maximum absolute atomic E-state index is 12.6. The van der Waals surface area contributed by atoms with Crippen LogP contribution >= 0.6 is 23.2 Å². The Hall–Kier alpha value is -2.35. The lowest BCUT2D eigenvalue weighted by atomic mass is 9.86. The van der Waals surface area contributed by atoms with Crippen LogP contribution in [0.4, 0.5) is 5.69 Å². The molecular weight excluding hydrogens is 429 g/mol. The SMILES string of the molecule is CON(C)C(=O)c1ccc(NC(=O)C2CCC(Oc3ncc(Cl)cc3Cl)CC2)cc1. The average molecular weight is 452 g/mol. The van der Waals surface area contributed by atoms with Gasteiger partial charge in [0.15, 0.2) is 0 Å². The molecule has 2 aromatic rings. The van der Waals surface area contributed by atoms with Crippen molar-refractivity contribution in [3.05, 3.63) is 52.1 Å². The number of anilines is 1. The second kappa shape index (κ2) is 10.1. The molecule has 1 N–H and O–H groups in total. The minimum atomic E-state index is -0.260. The molecule has 1 saturated carbocycles. The number of carbonyl (C=O) groups excluding carboxylic acids is 2. The third-order valence-corrected chi connectivity index (χ3v) is 5.53. The van der Waals surface area contributed by atoms with E-state index >= 15 is 0 Å². The van der Waals surface area contributed by atoms with Crippen molar-refractivity contribution in [2.45, 2.75) is 31.8 Å². The Morgan fingerprint density at radius 2 is 1.80 bits per heavy atom. The molecule has 0 atom stereocenters. The normalized spacial score (nSPS) is 18.5. The Bertz CT molecular complexity index is 900. The van der Waals surface area contributed by atoms with E-state index < -0.39 is 0 Å². The summed E-state index contributed by atoms with van der Waals surface area (Å²) in [5.74, 6) is -0.0321. The molecule has 3 rings (SSSR count). The number of rotatable bonds is 6. The molecule has 1 aliphatic rings. The van der Waals surface area contributed by atoms with Gasteiger partial charge in [-0.1, -0.05) is 23.2 Å². The van der Waals surface area contributed by atoms with E-state index in [1.165, 1.54) is 20.4 Å². The van der Waals surface area contributed by atoms with Crippen LogP contribution in [-0.2, 0) is 9.63 Å². The van der Waals surface area contributed by atoms with Gasteiger partial charge < -0.3 is 10.1 Å². The van der Waals surface area contributed by atoms with Crippen LogP contribution in [0.1, 0.15) is 36.0 Å². The lowest BCUT2D eigenvalue weighted by Gasteiger charge is -2.28. The lowest BCUT2D eigenvalue weighted by molar-refractivity contribution is -0.121. The van der Waals surface area contributed by atoms with Gasteiger partial charge in [-0.3, -0.25) is 14.4 Å². The van der Waals surface area contributed by atoms with E-state index in [2.05, 4.69) is 10.3 Å². The van der Waals surface area contributed by atoms with Crippen molar-refractivity contribution in [2.75, 3.05) is 19.5 Å². The molecule has 9 heteroatoms. The molecule has 1 heterocycles. The molecule has 1 aliphatic carbocycles. The van der Waals surface area contributed by atoms with Crippen molar-refractivity contribution in [3.8, 4) is 5.88 Å². The fraction of sp³-hybridized carbons (Fsp3) is 0.381. The van der Waals surface area contributed by atoms with Gasteiger partial charge in [-0.05, 0) is 56.0 Å². The molecule has 0 saturated heterocycles. The quantitative estimate of drug-likeness (QED) is 0.649. The zero-order valence-corrected chi connectivity index (χ0v) is 18.2. The van der Waals surface area contributed by atoms with Gasteiger partial charge in [-0.25, -0.2) is 10.0 Å². The van der Waals surface area contributed by atoms with E-state index in [1.54, 1.807) is 30.3 Å². The van der Waals surface area contributed by atoms with Crippen molar-refractivity contribution < 1.29 is 19.2 Å². The van der Waals surface area contributed by atoms with Crippen LogP contribution in [0.5, 0.6) is 5.88 Å². The number of nitrogens with zero attached hydrogens (tertiary/aromatic N) is 2. The smallest absolute Gasteiger partial charge is 0.277 e. The molecule has 7 nitrogen and oxygen atoms in total. The fourth-order valence-electron chi connectivity index (χ4n) is 3.29. The van der Waals surface area contributed by atoms with E-state index in [9.17, 15) is 9.59 Å². The van der Waals surface area contributed by atoms with Gasteiger partial charge in [0.2, 0.25) is 11.8 Å². The molecule has 1 aromatic carbocycles. The van der Waals surface area contributed by atoms with Crippen molar-refractivity contribution >= 4 is 40.7 Å². The van der Waals surface area contributed by atoms with E-state index in [-0.39, 0.29) is 23.8 Å². The van der Waals surface area contributed by atoms with Crippen LogP contribution in [0.25, 0.3) is 0 Å². The Morgan fingerprint density at radius 1 is 1.13 bits per heavy atom. The Morgan fingerprint density at radius 3 is 2.40 bits per heavy atom. The summed E-state index contributed by atoms with van der Waals surface area (Å²) in [6.45, 7) is 0. The zero-order chi connectivity index (χ0) is 21.7. The molecule has 30 heavy (non-hydrogen) atoms. The number of amides is 2. The maximum atomic E-state index is 12.6. The Balaban J connectivity index is 1.50. The number of nitrogens with one attached hydrogen (secondary N) is 1. The monoisotopic (exact) mass is 451 g/mol. The minimum absolute atomic E-state index is 0.0378. The summed E-state index contributed by atoms with van der Waals surface area (Å²) >= 11 is 12.0. The highest BCUT2D eigenvalue weighted by Gasteiger charge is 2.28. The highest BCUT2D eigenvalue weighted by Crippen LogP contribution is 2.31. The van der Waals surface area contributed by atoms with Crippen molar-refractivity contribution in [1.82, 2.24) is 10.0 Å². The Kier molecular flexibility index (Phi) is 7.53. The number of hydroxylamine groups is 2. The van der Waals surface area contributed by atoms with E-state index in [4.69, 9.17) is 32.8 Å². The molecule has 0 spiro atoms. The Labute approximate surface area is 185 Å². The predicted octanol–water partition coefficient (Wildman–Crippen LogP) is 4.60. The molecule has 0 unspecified atom stereocenters. The molecule has 0 bridgehead atoms. The van der Waals surface area contributed by atoms with E-state index in [0.29, 0.717) is 40.0 Å². The van der Waals surface area contributed by atoms with Gasteiger partial charge in [-0.15, -0.1) is 0 Å². The highest BCUT2D eigenvalue weighted by atomic mass is 35.5. The van der Waals surface area contributed by atoms with Gasteiger partial charge in [0.25, 0.3) is 5.91 Å². The van der Waals surface area contributed by atoms with Crippen molar-refractivity contribution in [1.29, 1.82) is 0 Å². The maximum Gasteiger partial charge on any atom is 0.277 e. The van der Waals surface area contributed by atoms with Gasteiger partial charge in [0.1, 0.15) is 11.1 Å². The van der Waals surface area contributed by atoms with E-state index in [0.717, 1.165) is 17.9 Å². The summed E-state index contributed by atoms with van der Waals surface area (Å²) < 4.78 is 5.87. The van der Waals surface area contributed by atoms with Crippen molar-refractivity contribution in [2.24, 2.45) is 5.92 Å². The lowest BCUT2D eigenvalue weighted by Crippen LogP contribution is -2.31. The van der Waals surface area contributed by atoms with Gasteiger partial charge >= 0.3 is 0 Å². The number of ether oxygens (including phenoxy) is 1. The van der Waals surface area contributed by atoms with Gasteiger partial charge in [0.05, 0.1) is 12.1 Å². The van der Waals surface area contributed by atoms with Crippen LogP contribution in [0.3, 0.4) is 0 Å². The average Bonchev–Trinajstić information content (AvgIpc) is 2.75. The standard InChI is InChI=1S/C21H23Cl2N3O4/c1-26(29-2)21(28)14-3-7-16(8-4-14)25-19(27)13-5-9-17(10-6-13)30-20-18(23)11-15(22)12-24-20/h3-4,7-8,11-13,17H,5-6,9-10H2,1-2H3,(H,25,27). The number of carbonyl (C=O) groups is 2. The largest absolute Gasteiger partial charge is 0.473 e. The highest BCUT2D eigenvalue weighted by molar-refractivity contribution is 6.35. The first kappa shape index (κ1) is 22.3.